The SMILES string of the molecule is CCn1c(C(O)(c2ccccc2)c2ccccc2)nc2ccc(C(=O)C(F)(F)C(=O)O)cc21.F[B-](F)(F)F.F[B-](F)(F)F.F[N+]12CC[N+](CCl)(CC1)CC2. The molecule has 0 saturated carbocycles. The lowest BCUT2D eigenvalue weighted by molar-refractivity contribution is -1.15. The normalized spacial score (nSPS) is 19.7. The lowest BCUT2D eigenvalue weighted by Gasteiger charge is -2.48. The number of aliphatic hydroxyl groups is 1. The van der Waals surface area contributed by atoms with Crippen LogP contribution in [0.2, 0.25) is 0 Å². The van der Waals surface area contributed by atoms with Gasteiger partial charge in [0.2, 0.25) is 5.78 Å². The van der Waals surface area contributed by atoms with Gasteiger partial charge in [0.1, 0.15) is 19.6 Å². The molecule has 7 rings (SSSR count). The molecule has 3 aromatic carbocycles. The minimum absolute atomic E-state index is 0.198. The van der Waals surface area contributed by atoms with Crippen molar-refractivity contribution < 1.29 is 76.8 Å². The highest BCUT2D eigenvalue weighted by atomic mass is 35.5. The van der Waals surface area contributed by atoms with Crippen molar-refractivity contribution in [2.75, 3.05) is 45.3 Å². The van der Waals surface area contributed by atoms with Crippen molar-refractivity contribution in [2.24, 2.45) is 0 Å². The number of rotatable bonds is 8. The molecule has 0 spiro atoms. The maximum Gasteiger partial charge on any atom is 0.673 e. The zero-order chi connectivity index (χ0) is 40.8. The molecule has 0 aliphatic carbocycles. The molecule has 1 aromatic heterocycles. The van der Waals surface area contributed by atoms with Crippen molar-refractivity contribution in [3.8, 4) is 0 Å². The number of carbonyl (C=O) groups is 2. The molecule has 0 radical (unpaired) electrons. The van der Waals surface area contributed by atoms with Gasteiger partial charge in [-0.25, -0.2) is 9.78 Å². The molecule has 22 heteroatoms. The molecule has 296 valence electrons. The van der Waals surface area contributed by atoms with Gasteiger partial charge in [0.15, 0.2) is 37.1 Å². The van der Waals surface area contributed by atoms with E-state index in [1.165, 1.54) is 12.1 Å². The lowest BCUT2D eigenvalue weighted by Crippen LogP contribution is -2.71. The third-order valence-electron chi connectivity index (χ3n) is 8.77. The number of nitrogens with zero attached hydrogens (tertiary/aromatic N) is 4. The van der Waals surface area contributed by atoms with E-state index in [0.29, 0.717) is 54.3 Å². The van der Waals surface area contributed by atoms with Crippen LogP contribution in [0.5, 0.6) is 0 Å². The van der Waals surface area contributed by atoms with Gasteiger partial charge < -0.3 is 49.3 Å². The molecule has 3 aliphatic heterocycles. The maximum atomic E-state index is 13.8. The van der Waals surface area contributed by atoms with Crippen LogP contribution in [0.25, 0.3) is 11.0 Å². The predicted octanol–water partition coefficient (Wildman–Crippen LogP) is 7.57. The summed E-state index contributed by atoms with van der Waals surface area (Å²) >= 11 is 5.85. The van der Waals surface area contributed by atoms with E-state index in [0.717, 1.165) is 30.2 Å². The summed E-state index contributed by atoms with van der Waals surface area (Å²) in [5.74, 6) is -8.64. The van der Waals surface area contributed by atoms with E-state index in [9.17, 15) is 62.5 Å². The topological polar surface area (TPSA) is 92.4 Å². The smallest absolute Gasteiger partial charge is 0.476 e. The first-order valence-electron chi connectivity index (χ1n) is 16.1. The summed E-state index contributed by atoms with van der Waals surface area (Å²) in [5.41, 5.74) is -0.340. The average molecular weight is 805 g/mol. The highest BCUT2D eigenvalue weighted by molar-refractivity contribution is 6.50. The highest BCUT2D eigenvalue weighted by Crippen LogP contribution is 2.38. The molecule has 4 aromatic rings. The van der Waals surface area contributed by atoms with Crippen molar-refractivity contribution in [2.45, 2.75) is 25.0 Å². The monoisotopic (exact) mass is 804 g/mol. The molecule has 3 aliphatic rings. The van der Waals surface area contributed by atoms with Gasteiger partial charge >= 0.3 is 26.4 Å². The van der Waals surface area contributed by atoms with E-state index in [2.05, 4.69) is 4.98 Å². The van der Waals surface area contributed by atoms with Crippen LogP contribution in [0.15, 0.2) is 78.9 Å². The summed E-state index contributed by atoms with van der Waals surface area (Å²) < 4.78 is 122. The van der Waals surface area contributed by atoms with Crippen LogP contribution in [0, 0.1) is 0 Å². The lowest BCUT2D eigenvalue weighted by atomic mass is 9.85. The van der Waals surface area contributed by atoms with Crippen LogP contribution in [0.3, 0.4) is 0 Å². The average Bonchev–Trinajstić information content (AvgIpc) is 3.49. The fourth-order valence-corrected chi connectivity index (χ4v) is 6.30. The molecule has 3 saturated heterocycles. The Morgan fingerprint density at radius 1 is 0.796 bits per heavy atom. The molecule has 4 heterocycles. The number of hydrogen-bond donors (Lipinski definition) is 2. The van der Waals surface area contributed by atoms with E-state index in [4.69, 9.17) is 16.7 Å². The summed E-state index contributed by atoms with van der Waals surface area (Å²) in [6.07, 6.45) is 0. The fraction of sp³-hybridized carbons (Fsp3) is 0.344. The molecular formula is C32H34B2ClF11N4O4. The number of Topliss-reactive ketones (excluding diaryl/α,β-unsaturated/α-hetero) is 1. The van der Waals surface area contributed by atoms with Crippen molar-refractivity contribution >= 4 is 48.9 Å². The van der Waals surface area contributed by atoms with Crippen molar-refractivity contribution in [1.82, 2.24) is 9.55 Å². The molecule has 8 nitrogen and oxygen atoms in total. The minimum atomic E-state index is -6.00. The summed E-state index contributed by atoms with van der Waals surface area (Å²) in [4.78, 5) is 27.6. The number of aryl methyl sites for hydroxylation is 1. The highest BCUT2D eigenvalue weighted by Gasteiger charge is 2.50. The standard InChI is InChI=1S/C25H20F2N2O4.C7H14ClFN2.2BF4/c1-2-29-20-15-16(21(30)25(26,27)23(31)32)13-14-19(20)28-22(29)24(33,17-9-5-3-6-10-17)18-11-7-4-8-12-18;8-7-10-1-4-11(9,5-2-10)6-3-10;2*2-1(3,4)5/h3-15,33H,2H2,1H3,(H,31,32);1-7H2;;/q;+2;2*-1. The Morgan fingerprint density at radius 3 is 1.59 bits per heavy atom. The number of carboxylic acids is 1. The second kappa shape index (κ2) is 17.1. The first-order valence-corrected chi connectivity index (χ1v) is 16.6. The zero-order valence-electron chi connectivity index (χ0n) is 28.4. The number of piperazine rings is 3. The Balaban J connectivity index is 0.000000302. The number of halogens is 12. The van der Waals surface area contributed by atoms with Gasteiger partial charge in [-0.2, -0.15) is 8.78 Å². The molecule has 2 bridgehead atoms. The zero-order valence-corrected chi connectivity index (χ0v) is 29.1. The minimum Gasteiger partial charge on any atom is -0.476 e. The van der Waals surface area contributed by atoms with Gasteiger partial charge in [-0.05, 0) is 40.7 Å². The van der Waals surface area contributed by atoms with Crippen LogP contribution in [0.1, 0.15) is 34.2 Å². The first kappa shape index (κ1) is 44.2. The molecule has 0 unspecified atom stereocenters. The molecular weight excluding hydrogens is 770 g/mol. The van der Waals surface area contributed by atoms with Gasteiger partial charge in [0, 0.05) is 12.1 Å². The van der Waals surface area contributed by atoms with Crippen LogP contribution < -0.4 is 0 Å². The van der Waals surface area contributed by atoms with Gasteiger partial charge in [-0.15, -0.1) is 4.71 Å². The van der Waals surface area contributed by atoms with Crippen LogP contribution in [-0.2, 0) is 16.9 Å². The quantitative estimate of drug-likeness (QED) is 0.0281. The van der Waals surface area contributed by atoms with E-state index < -0.39 is 43.3 Å². The van der Waals surface area contributed by atoms with Gasteiger partial charge in [-0.1, -0.05) is 72.3 Å². The van der Waals surface area contributed by atoms with E-state index in [1.807, 2.05) is 12.1 Å². The summed E-state index contributed by atoms with van der Waals surface area (Å²) in [6, 6.07) is 22.1. The molecule has 3 fully saturated rings. The molecule has 54 heavy (non-hydrogen) atoms. The number of hydrogen-bond acceptors (Lipinski definition) is 4. The van der Waals surface area contributed by atoms with Gasteiger partial charge in [0.25, 0.3) is 0 Å². The third-order valence-corrected chi connectivity index (χ3v) is 9.27. The van der Waals surface area contributed by atoms with E-state index >= 15 is 0 Å². The molecule has 0 atom stereocenters. The van der Waals surface area contributed by atoms with E-state index in [1.54, 1.807) is 60.0 Å². The number of aliphatic carboxylic acids is 1. The van der Waals surface area contributed by atoms with Gasteiger partial charge in [-0.3, -0.25) is 9.28 Å². The maximum absolute atomic E-state index is 13.8. The summed E-state index contributed by atoms with van der Waals surface area (Å²) in [5, 5.41) is 20.8. The van der Waals surface area contributed by atoms with Crippen molar-refractivity contribution in [3.05, 3.63) is 101 Å². The van der Waals surface area contributed by atoms with E-state index in [-0.39, 0.29) is 10.5 Å². The number of aromatic nitrogens is 2. The van der Waals surface area contributed by atoms with Crippen LogP contribution in [-0.4, -0.2) is 106 Å². The number of carboxylic acid groups (broad SMARTS) is 1. The third kappa shape index (κ3) is 11.2. The Morgan fingerprint density at radius 2 is 1.22 bits per heavy atom. The first-order chi connectivity index (χ1) is 24.9. The number of fused-ring (bicyclic) bond motifs is 4. The number of imidazole rings is 1. The number of ketones is 1. The summed E-state index contributed by atoms with van der Waals surface area (Å²) in [6.45, 7) is 6.91. The fourth-order valence-electron chi connectivity index (χ4n) is 5.95. The summed E-state index contributed by atoms with van der Waals surface area (Å²) in [7, 11) is -12.0. The number of benzene rings is 3. The largest absolute Gasteiger partial charge is 0.673 e. The van der Waals surface area contributed by atoms with Crippen LogP contribution >= 0.6 is 11.6 Å². The number of alkyl halides is 3. The molecule has 2 N–H and O–H groups in total. The predicted molar refractivity (Wildman–Crippen MR) is 179 cm³/mol. The van der Waals surface area contributed by atoms with Crippen molar-refractivity contribution in [3.63, 3.8) is 0 Å². The second-order valence-corrected chi connectivity index (χ2v) is 12.6. The Kier molecular flexibility index (Phi) is 14.0. The second-order valence-electron chi connectivity index (χ2n) is 12.4. The van der Waals surface area contributed by atoms with Gasteiger partial charge in [0.05, 0.1) is 11.0 Å². The number of carbonyl (C=O) groups excluding carboxylic acids is 1. The Hall–Kier alpha value is -4.20. The van der Waals surface area contributed by atoms with Crippen LogP contribution in [0.4, 0.5) is 47.8 Å². The Labute approximate surface area is 306 Å². The molecule has 0 amide bonds. The number of quaternary nitrogens is 2. The van der Waals surface area contributed by atoms with Crippen molar-refractivity contribution in [1.29, 1.82) is 0 Å². The Bertz CT molecular complexity index is 1800.